The van der Waals surface area contributed by atoms with Gasteiger partial charge in [0, 0.05) is 25.1 Å². The lowest BCUT2D eigenvalue weighted by Gasteiger charge is -2.20. The van der Waals surface area contributed by atoms with Crippen LogP contribution in [-0.4, -0.2) is 47.3 Å². The van der Waals surface area contributed by atoms with E-state index in [4.69, 9.17) is 25.8 Å². The molecule has 0 saturated carbocycles. The van der Waals surface area contributed by atoms with Gasteiger partial charge >= 0.3 is 0 Å². The number of benzene rings is 1. The maximum absolute atomic E-state index is 12.4. The molecule has 1 aliphatic heterocycles. The van der Waals surface area contributed by atoms with E-state index in [-0.39, 0.29) is 17.5 Å². The van der Waals surface area contributed by atoms with Gasteiger partial charge in [-0.1, -0.05) is 0 Å². The molecular weight excluding hydrogens is 318 g/mol. The lowest BCUT2D eigenvalue weighted by atomic mass is 10.3. The molecule has 0 aromatic heterocycles. The number of hydrogen-bond donors (Lipinski definition) is 1. The number of fused-ring (bicyclic) bond motifs is 1. The number of alkyl halides is 1. The van der Waals surface area contributed by atoms with Gasteiger partial charge in [-0.15, -0.1) is 11.6 Å². The van der Waals surface area contributed by atoms with Crippen LogP contribution in [0, 0.1) is 0 Å². The number of methoxy groups -OCH3 is 1. The summed E-state index contributed by atoms with van der Waals surface area (Å²) in [5, 5.41) is 0. The van der Waals surface area contributed by atoms with Crippen LogP contribution in [0.4, 0.5) is 0 Å². The number of hydrogen-bond acceptors (Lipinski definition) is 5. The number of rotatable bonds is 7. The van der Waals surface area contributed by atoms with E-state index in [0.717, 1.165) is 0 Å². The molecule has 0 amide bonds. The summed E-state index contributed by atoms with van der Waals surface area (Å²) < 4.78 is 43.1. The third kappa shape index (κ3) is 4.23. The van der Waals surface area contributed by atoms with Gasteiger partial charge in [0.25, 0.3) is 0 Å². The Bertz CT molecular complexity index is 572. The average molecular weight is 336 g/mol. The van der Waals surface area contributed by atoms with E-state index in [9.17, 15) is 8.42 Å². The summed E-state index contributed by atoms with van der Waals surface area (Å²) in [6.45, 7) is 1.13. The predicted octanol–water partition coefficient (Wildman–Crippen LogP) is 1.38. The van der Waals surface area contributed by atoms with Crippen molar-refractivity contribution in [2.24, 2.45) is 0 Å². The fourth-order valence-electron chi connectivity index (χ4n) is 1.99. The summed E-state index contributed by atoms with van der Waals surface area (Å²) in [5.74, 6) is 1.33. The summed E-state index contributed by atoms with van der Waals surface area (Å²) in [6.07, 6.45) is 0.485. The molecule has 2 rings (SSSR count). The fraction of sp³-hybridized carbons (Fsp3) is 0.538. The lowest BCUT2D eigenvalue weighted by molar-refractivity contribution is 0.171. The first-order valence-electron chi connectivity index (χ1n) is 6.53. The molecule has 118 valence electrons. The van der Waals surface area contributed by atoms with Crippen LogP contribution < -0.4 is 14.2 Å². The summed E-state index contributed by atoms with van der Waals surface area (Å²) >= 11 is 5.67. The van der Waals surface area contributed by atoms with Gasteiger partial charge in [0.05, 0.1) is 11.5 Å². The van der Waals surface area contributed by atoms with Crippen molar-refractivity contribution in [1.82, 2.24) is 4.72 Å². The number of halogens is 1. The van der Waals surface area contributed by atoms with Crippen molar-refractivity contribution in [3.63, 3.8) is 0 Å². The smallest absolute Gasteiger partial charge is 0.241 e. The quantitative estimate of drug-likeness (QED) is 0.762. The molecule has 1 unspecified atom stereocenters. The second kappa shape index (κ2) is 7.31. The molecule has 1 aromatic carbocycles. The molecule has 0 aliphatic carbocycles. The van der Waals surface area contributed by atoms with E-state index in [1.54, 1.807) is 6.07 Å². The largest absolute Gasteiger partial charge is 0.486 e. The van der Waals surface area contributed by atoms with Crippen molar-refractivity contribution < 1.29 is 22.6 Å². The van der Waals surface area contributed by atoms with Gasteiger partial charge in [-0.25, -0.2) is 13.1 Å². The van der Waals surface area contributed by atoms with Crippen molar-refractivity contribution in [2.75, 3.05) is 32.8 Å². The van der Waals surface area contributed by atoms with Gasteiger partial charge in [-0.2, -0.15) is 0 Å². The zero-order chi connectivity index (χ0) is 15.3. The first-order valence-corrected chi connectivity index (χ1v) is 8.55. The zero-order valence-corrected chi connectivity index (χ0v) is 13.2. The van der Waals surface area contributed by atoms with Crippen LogP contribution in [0.5, 0.6) is 11.5 Å². The van der Waals surface area contributed by atoms with Gasteiger partial charge < -0.3 is 14.2 Å². The molecule has 1 heterocycles. The monoisotopic (exact) mass is 335 g/mol. The molecule has 1 N–H and O–H groups in total. The predicted molar refractivity (Wildman–Crippen MR) is 78.8 cm³/mol. The minimum atomic E-state index is -3.66. The van der Waals surface area contributed by atoms with Gasteiger partial charge in [0.2, 0.25) is 10.0 Å². The normalized spacial score (nSPS) is 15.7. The molecule has 0 spiro atoms. The van der Waals surface area contributed by atoms with Gasteiger partial charge in [-0.3, -0.25) is 0 Å². The summed E-state index contributed by atoms with van der Waals surface area (Å²) in [6, 6.07) is 4.17. The Morgan fingerprint density at radius 3 is 2.71 bits per heavy atom. The molecule has 0 bridgehead atoms. The van der Waals surface area contributed by atoms with E-state index in [1.807, 2.05) is 0 Å². The zero-order valence-electron chi connectivity index (χ0n) is 11.7. The van der Waals surface area contributed by atoms with Crippen molar-refractivity contribution >= 4 is 21.6 Å². The topological polar surface area (TPSA) is 73.9 Å². The molecule has 1 aromatic rings. The molecule has 1 aliphatic rings. The highest BCUT2D eigenvalue weighted by Crippen LogP contribution is 2.32. The molecule has 8 heteroatoms. The van der Waals surface area contributed by atoms with E-state index in [2.05, 4.69) is 4.72 Å². The third-order valence-electron chi connectivity index (χ3n) is 2.97. The Labute approximate surface area is 129 Å². The van der Waals surface area contributed by atoms with Gasteiger partial charge in [0.1, 0.15) is 13.2 Å². The second-order valence-corrected chi connectivity index (χ2v) is 6.65. The van der Waals surface area contributed by atoms with E-state index in [0.29, 0.717) is 37.0 Å². The van der Waals surface area contributed by atoms with Gasteiger partial charge in [0.15, 0.2) is 11.5 Å². The highest BCUT2D eigenvalue weighted by Gasteiger charge is 2.22. The van der Waals surface area contributed by atoms with Crippen LogP contribution in [0.1, 0.15) is 6.42 Å². The van der Waals surface area contributed by atoms with Crippen LogP contribution in [0.3, 0.4) is 0 Å². The van der Waals surface area contributed by atoms with E-state index >= 15 is 0 Å². The molecule has 1 atom stereocenters. The summed E-state index contributed by atoms with van der Waals surface area (Å²) in [5.41, 5.74) is 0. The maximum Gasteiger partial charge on any atom is 0.241 e. The Morgan fingerprint density at radius 2 is 2.05 bits per heavy atom. The molecule has 0 fully saturated rings. The molecule has 6 nitrogen and oxygen atoms in total. The van der Waals surface area contributed by atoms with Crippen LogP contribution >= 0.6 is 11.6 Å². The van der Waals surface area contributed by atoms with E-state index in [1.165, 1.54) is 19.2 Å². The standard InChI is InChI=1S/C13H18ClNO5S/c1-18-9-10(4-5-14)15-21(16,17)11-2-3-12-13(8-11)20-7-6-19-12/h2-3,8,10,15H,4-7,9H2,1H3. The fourth-order valence-corrected chi connectivity index (χ4v) is 3.52. The van der Waals surface area contributed by atoms with Crippen molar-refractivity contribution in [2.45, 2.75) is 17.4 Å². The van der Waals surface area contributed by atoms with Crippen LogP contribution in [-0.2, 0) is 14.8 Å². The molecule has 0 saturated heterocycles. The Balaban J connectivity index is 2.18. The number of nitrogens with one attached hydrogen (secondary N) is 1. The molecular formula is C13H18ClNO5S. The lowest BCUT2D eigenvalue weighted by Crippen LogP contribution is -2.38. The summed E-state index contributed by atoms with van der Waals surface area (Å²) in [7, 11) is -2.15. The maximum atomic E-state index is 12.4. The number of sulfonamides is 1. The van der Waals surface area contributed by atoms with Crippen LogP contribution in [0.25, 0.3) is 0 Å². The molecule has 0 radical (unpaired) electrons. The van der Waals surface area contributed by atoms with Crippen molar-refractivity contribution in [1.29, 1.82) is 0 Å². The minimum absolute atomic E-state index is 0.127. The highest BCUT2D eigenvalue weighted by molar-refractivity contribution is 7.89. The number of ether oxygens (including phenoxy) is 3. The average Bonchev–Trinajstić information content (AvgIpc) is 2.47. The van der Waals surface area contributed by atoms with E-state index < -0.39 is 10.0 Å². The molecule has 21 heavy (non-hydrogen) atoms. The Kier molecular flexibility index (Phi) is 5.69. The van der Waals surface area contributed by atoms with Crippen molar-refractivity contribution in [3.05, 3.63) is 18.2 Å². The Morgan fingerprint density at radius 1 is 1.33 bits per heavy atom. The van der Waals surface area contributed by atoms with Crippen LogP contribution in [0.15, 0.2) is 23.1 Å². The first kappa shape index (κ1) is 16.4. The Hall–Kier alpha value is -1.02. The second-order valence-electron chi connectivity index (χ2n) is 4.56. The third-order valence-corrected chi connectivity index (χ3v) is 4.71. The SMILES string of the molecule is COCC(CCCl)NS(=O)(=O)c1ccc2c(c1)OCCO2. The highest BCUT2D eigenvalue weighted by atomic mass is 35.5. The van der Waals surface area contributed by atoms with Gasteiger partial charge in [-0.05, 0) is 18.6 Å². The first-order chi connectivity index (χ1) is 10.1. The van der Waals surface area contributed by atoms with Crippen LogP contribution in [0.2, 0.25) is 0 Å². The van der Waals surface area contributed by atoms with Crippen molar-refractivity contribution in [3.8, 4) is 11.5 Å². The minimum Gasteiger partial charge on any atom is -0.486 e. The summed E-state index contributed by atoms with van der Waals surface area (Å²) in [4.78, 5) is 0.127.